The number of aliphatic hydroxyl groups excluding tert-OH is 1. The number of hydrogen-bond donors (Lipinski definition) is 5. The van der Waals surface area contributed by atoms with Crippen molar-refractivity contribution in [1.82, 2.24) is 24.6 Å². The number of aromatic amines is 1. The van der Waals surface area contributed by atoms with Crippen LogP contribution >= 0.6 is 18.1 Å². The third kappa shape index (κ3) is 4.98. The topological polar surface area (TPSA) is 204 Å². The van der Waals surface area contributed by atoms with Crippen LogP contribution in [0.3, 0.4) is 0 Å². The SMILES string of the molecule is C[C@@H](OC(=O)[C@@H]1CSP(=O)(OCC2O[C@@H](n3cnc4c(=O)[nH]c(N)nc43)[C@](C)(O)[C@@H]2O)N1)c1ccccc1. The number of nitrogens with one attached hydrogen (secondary N) is 2. The molecule has 2 fully saturated rings. The number of ether oxygens (including phenoxy) is 2. The van der Waals surface area contributed by atoms with Gasteiger partial charge in [0, 0.05) is 5.75 Å². The summed E-state index contributed by atoms with van der Waals surface area (Å²) in [6.45, 7) is -0.825. The molecule has 204 valence electrons. The van der Waals surface area contributed by atoms with Gasteiger partial charge in [0.1, 0.15) is 30.0 Å². The number of carbonyl (C=O) groups excluding carboxylic acids is 1. The minimum atomic E-state index is -3.55. The molecule has 2 aromatic heterocycles. The Morgan fingerprint density at radius 3 is 2.89 bits per heavy atom. The van der Waals surface area contributed by atoms with Gasteiger partial charge < -0.3 is 29.9 Å². The fourth-order valence-electron chi connectivity index (χ4n) is 4.35. The lowest BCUT2D eigenvalue weighted by Gasteiger charge is -2.27. The number of benzene rings is 1. The lowest BCUT2D eigenvalue weighted by atomic mass is 9.96. The molecule has 1 aromatic carbocycles. The Hall–Kier alpha value is -2.78. The smallest absolute Gasteiger partial charge is 0.327 e. The van der Waals surface area contributed by atoms with Gasteiger partial charge in [-0.3, -0.25) is 23.7 Å². The number of fused-ring (bicyclic) bond motifs is 1. The van der Waals surface area contributed by atoms with E-state index in [-0.39, 0.29) is 29.5 Å². The first-order valence-corrected chi connectivity index (χ1v) is 14.9. The van der Waals surface area contributed by atoms with Crippen LogP contribution in [0, 0.1) is 0 Å². The van der Waals surface area contributed by atoms with Crippen molar-refractivity contribution in [3.63, 3.8) is 0 Å². The first-order chi connectivity index (χ1) is 18.0. The van der Waals surface area contributed by atoms with Gasteiger partial charge in [-0.05, 0) is 19.4 Å². The first-order valence-electron chi connectivity index (χ1n) is 11.7. The molecular formula is C22H27N6O8PS. The van der Waals surface area contributed by atoms with Crippen molar-refractivity contribution in [3.05, 3.63) is 52.6 Å². The monoisotopic (exact) mass is 566 g/mol. The number of H-pyrrole nitrogens is 1. The van der Waals surface area contributed by atoms with Crippen molar-refractivity contribution < 1.29 is 33.6 Å². The summed E-state index contributed by atoms with van der Waals surface area (Å²) in [7, 11) is 0. The average molecular weight is 567 g/mol. The van der Waals surface area contributed by atoms with Crippen molar-refractivity contribution in [2.24, 2.45) is 0 Å². The van der Waals surface area contributed by atoms with E-state index in [9.17, 15) is 24.4 Å². The number of esters is 1. The van der Waals surface area contributed by atoms with Crippen LogP contribution in [-0.2, 0) is 23.4 Å². The highest BCUT2D eigenvalue weighted by Crippen LogP contribution is 2.61. The van der Waals surface area contributed by atoms with Crippen molar-refractivity contribution in [3.8, 4) is 0 Å². The van der Waals surface area contributed by atoms with E-state index in [1.165, 1.54) is 17.8 Å². The van der Waals surface area contributed by atoms with Crippen LogP contribution in [0.4, 0.5) is 5.95 Å². The lowest BCUT2D eigenvalue weighted by Crippen LogP contribution is -2.44. The van der Waals surface area contributed by atoms with Crippen molar-refractivity contribution in [2.45, 2.75) is 50.0 Å². The third-order valence-electron chi connectivity index (χ3n) is 6.44. The summed E-state index contributed by atoms with van der Waals surface area (Å²) in [5.74, 6) is -0.561. The highest BCUT2D eigenvalue weighted by molar-refractivity contribution is 8.56. The normalized spacial score (nSPS) is 32.0. The molecule has 2 saturated heterocycles. The molecule has 4 heterocycles. The molecule has 7 atom stereocenters. The molecule has 3 aromatic rings. The summed E-state index contributed by atoms with van der Waals surface area (Å²) in [6.07, 6.45) is -3.03. The molecule has 0 amide bonds. The number of rotatable bonds is 7. The molecule has 0 spiro atoms. The van der Waals surface area contributed by atoms with Crippen molar-refractivity contribution in [2.75, 3.05) is 18.1 Å². The molecular weight excluding hydrogens is 539 g/mol. The van der Waals surface area contributed by atoms with Gasteiger partial charge in [-0.15, -0.1) is 0 Å². The molecule has 38 heavy (non-hydrogen) atoms. The molecule has 0 saturated carbocycles. The second-order valence-corrected chi connectivity index (χ2v) is 13.6. The summed E-state index contributed by atoms with van der Waals surface area (Å²) in [5.41, 5.74) is 4.07. The zero-order valence-corrected chi connectivity index (χ0v) is 22.1. The number of imidazole rings is 1. The molecule has 16 heteroatoms. The van der Waals surface area contributed by atoms with E-state index >= 15 is 0 Å². The van der Waals surface area contributed by atoms with Crippen molar-refractivity contribution >= 4 is 41.2 Å². The van der Waals surface area contributed by atoms with Gasteiger partial charge in [0.05, 0.1) is 12.9 Å². The van der Waals surface area contributed by atoms with E-state index in [1.54, 1.807) is 6.92 Å². The summed E-state index contributed by atoms with van der Waals surface area (Å²) in [5, 5.41) is 24.5. The fraction of sp³-hybridized carbons (Fsp3) is 0.455. The molecule has 2 aliphatic rings. The van der Waals surface area contributed by atoms with Gasteiger partial charge in [-0.1, -0.05) is 41.7 Å². The minimum absolute atomic E-state index is 0.0247. The second kappa shape index (κ2) is 10.1. The number of aromatic nitrogens is 4. The van der Waals surface area contributed by atoms with E-state index in [2.05, 4.69) is 20.0 Å². The van der Waals surface area contributed by atoms with Crippen LogP contribution in [0.15, 0.2) is 41.5 Å². The molecule has 0 aliphatic carbocycles. The third-order valence-corrected chi connectivity index (χ3v) is 10.5. The Morgan fingerprint density at radius 2 is 2.16 bits per heavy atom. The molecule has 2 unspecified atom stereocenters. The zero-order chi connectivity index (χ0) is 27.2. The Bertz CT molecular complexity index is 1450. The second-order valence-electron chi connectivity index (χ2n) is 9.23. The Morgan fingerprint density at radius 1 is 1.42 bits per heavy atom. The Balaban J connectivity index is 1.23. The van der Waals surface area contributed by atoms with Crippen LogP contribution in [-0.4, -0.2) is 71.9 Å². The van der Waals surface area contributed by atoms with Crippen LogP contribution in [0.25, 0.3) is 11.2 Å². The number of anilines is 1. The molecule has 6 N–H and O–H groups in total. The molecule has 2 aliphatic heterocycles. The summed E-state index contributed by atoms with van der Waals surface area (Å²) in [6, 6.07) is 8.37. The molecule has 14 nitrogen and oxygen atoms in total. The van der Waals surface area contributed by atoms with Crippen LogP contribution in [0.2, 0.25) is 0 Å². The highest BCUT2D eigenvalue weighted by atomic mass is 32.7. The number of hydrogen-bond acceptors (Lipinski definition) is 12. The minimum Gasteiger partial charge on any atom is -0.457 e. The lowest BCUT2D eigenvalue weighted by molar-refractivity contribution is -0.150. The van der Waals surface area contributed by atoms with E-state index in [0.29, 0.717) is 0 Å². The largest absolute Gasteiger partial charge is 0.457 e. The van der Waals surface area contributed by atoms with Gasteiger partial charge in [-0.2, -0.15) is 4.98 Å². The maximum absolute atomic E-state index is 13.2. The van der Waals surface area contributed by atoms with E-state index in [1.807, 2.05) is 30.3 Å². The van der Waals surface area contributed by atoms with Crippen LogP contribution in [0.5, 0.6) is 0 Å². The van der Waals surface area contributed by atoms with E-state index < -0.39 is 54.4 Å². The predicted molar refractivity (Wildman–Crippen MR) is 137 cm³/mol. The maximum Gasteiger partial charge on any atom is 0.327 e. The first kappa shape index (κ1) is 26.8. The Kier molecular flexibility index (Phi) is 7.11. The predicted octanol–water partition coefficient (Wildman–Crippen LogP) is 0.845. The molecule has 0 bridgehead atoms. The number of aliphatic hydroxyl groups is 2. The fourth-order valence-corrected chi connectivity index (χ4v) is 8.23. The van der Waals surface area contributed by atoms with Crippen LogP contribution in [0.1, 0.15) is 31.7 Å². The molecule has 0 radical (unpaired) electrons. The van der Waals surface area contributed by atoms with Gasteiger partial charge in [0.15, 0.2) is 17.4 Å². The highest BCUT2D eigenvalue weighted by Gasteiger charge is 2.54. The maximum atomic E-state index is 13.2. The average Bonchev–Trinajstić information content (AvgIpc) is 3.54. The quantitative estimate of drug-likeness (QED) is 0.199. The summed E-state index contributed by atoms with van der Waals surface area (Å²) < 4.78 is 31.5. The zero-order valence-electron chi connectivity index (χ0n) is 20.4. The number of nitrogens with two attached hydrogens (primary N) is 1. The number of nitrogen functional groups attached to an aromatic ring is 1. The van der Waals surface area contributed by atoms with Gasteiger partial charge >= 0.3 is 12.7 Å². The van der Waals surface area contributed by atoms with E-state index in [4.69, 9.17) is 19.7 Å². The molecule has 5 rings (SSSR count). The number of carbonyl (C=O) groups is 1. The summed E-state index contributed by atoms with van der Waals surface area (Å²) >= 11 is 0.937. The van der Waals surface area contributed by atoms with Crippen molar-refractivity contribution in [1.29, 1.82) is 0 Å². The van der Waals surface area contributed by atoms with Crippen LogP contribution < -0.4 is 16.4 Å². The summed E-state index contributed by atoms with van der Waals surface area (Å²) in [4.78, 5) is 35.1. The standard InChI is InChI=1S/C22H27N6O8PS/c1-11(12-6-4-3-5-7-12)35-19(31)13-9-38-37(33,27-13)34-8-14-16(29)22(2,32)20(36-14)28-10-24-15-17(28)25-21(23)26-18(15)30/h3-7,10-11,13-14,16,20,29,32H,8-9H2,1-2H3,(H,27,33)(H3,23,25,26,30)/t11-,13+,14?,16-,20-,22-,37?/m1/s1. The van der Waals surface area contributed by atoms with Gasteiger partial charge in [0.2, 0.25) is 5.95 Å². The van der Waals surface area contributed by atoms with Gasteiger partial charge in [0.25, 0.3) is 5.56 Å². The van der Waals surface area contributed by atoms with E-state index in [0.717, 1.165) is 16.9 Å². The Labute approximate surface area is 220 Å². The number of nitrogens with zero attached hydrogens (tertiary/aromatic N) is 3. The van der Waals surface area contributed by atoms with Gasteiger partial charge in [-0.25, -0.2) is 10.1 Å².